The second-order valence-corrected chi connectivity index (χ2v) is 4.62. The van der Waals surface area contributed by atoms with E-state index in [1.807, 2.05) is 54.6 Å². The van der Waals surface area contributed by atoms with Crippen LogP contribution >= 0.6 is 0 Å². The van der Waals surface area contributed by atoms with E-state index in [-0.39, 0.29) is 0 Å². The first kappa shape index (κ1) is 12.4. The molecule has 4 heteroatoms. The minimum absolute atomic E-state index is 0.306. The van der Waals surface area contributed by atoms with Gasteiger partial charge in [-0.2, -0.15) is 0 Å². The van der Waals surface area contributed by atoms with Gasteiger partial charge in [0.2, 0.25) is 6.10 Å². The van der Waals surface area contributed by atoms with E-state index in [9.17, 15) is 4.79 Å². The second kappa shape index (κ2) is 5.17. The smallest absolute Gasteiger partial charge is 0.348 e. The molecule has 0 radical (unpaired) electrons. The number of oxime groups is 1. The molecule has 1 aliphatic rings. The number of aliphatic carboxylic acids is 1. The van der Waals surface area contributed by atoms with Gasteiger partial charge in [-0.15, -0.1) is 0 Å². The number of carbonyl (C=O) groups is 1. The van der Waals surface area contributed by atoms with E-state index >= 15 is 0 Å². The van der Waals surface area contributed by atoms with Gasteiger partial charge in [0.05, 0.1) is 5.71 Å². The topological polar surface area (TPSA) is 58.9 Å². The maximum atomic E-state index is 10.8. The predicted molar refractivity (Wildman–Crippen MR) is 75.5 cm³/mol. The first-order chi connectivity index (χ1) is 9.74. The van der Waals surface area contributed by atoms with E-state index in [4.69, 9.17) is 9.94 Å². The van der Waals surface area contributed by atoms with Crippen LogP contribution in [0.3, 0.4) is 0 Å². The molecule has 1 atom stereocenters. The minimum atomic E-state index is -0.982. The molecule has 0 aliphatic carbocycles. The molecule has 0 aromatic heterocycles. The van der Waals surface area contributed by atoms with Crippen LogP contribution in [0.2, 0.25) is 0 Å². The summed E-state index contributed by atoms with van der Waals surface area (Å²) in [6, 6.07) is 17.9. The molecule has 0 unspecified atom stereocenters. The molecular formula is C16H13NO3. The molecule has 2 aromatic carbocycles. The summed E-state index contributed by atoms with van der Waals surface area (Å²) in [5.41, 5.74) is 3.83. The van der Waals surface area contributed by atoms with Crippen molar-refractivity contribution < 1.29 is 14.7 Å². The third-order valence-electron chi connectivity index (χ3n) is 3.27. The van der Waals surface area contributed by atoms with Crippen molar-refractivity contribution in [3.8, 4) is 11.1 Å². The molecule has 20 heavy (non-hydrogen) atoms. The summed E-state index contributed by atoms with van der Waals surface area (Å²) < 4.78 is 0. The SMILES string of the molecule is O=C(O)[C@H]1CC(c2ccc(-c3ccccc3)cc2)=NO1. The maximum absolute atomic E-state index is 10.8. The summed E-state index contributed by atoms with van der Waals surface area (Å²) in [6.45, 7) is 0. The van der Waals surface area contributed by atoms with Crippen molar-refractivity contribution >= 4 is 11.7 Å². The Balaban J connectivity index is 1.79. The van der Waals surface area contributed by atoms with Crippen molar-refractivity contribution in [1.82, 2.24) is 0 Å². The number of rotatable bonds is 3. The van der Waals surface area contributed by atoms with Gasteiger partial charge in [0.25, 0.3) is 0 Å². The number of nitrogens with zero attached hydrogens (tertiary/aromatic N) is 1. The molecule has 0 bridgehead atoms. The highest BCUT2D eigenvalue weighted by molar-refractivity contribution is 6.03. The molecule has 3 rings (SSSR count). The van der Waals surface area contributed by atoms with Gasteiger partial charge < -0.3 is 9.94 Å². The number of hydrogen-bond donors (Lipinski definition) is 1. The van der Waals surface area contributed by atoms with E-state index in [0.717, 1.165) is 16.7 Å². The lowest BCUT2D eigenvalue weighted by atomic mass is 10.0. The maximum Gasteiger partial charge on any atom is 0.348 e. The Kier molecular flexibility index (Phi) is 3.21. The summed E-state index contributed by atoms with van der Waals surface area (Å²) in [5, 5.41) is 12.7. The van der Waals surface area contributed by atoms with Gasteiger partial charge in [-0.25, -0.2) is 4.79 Å². The van der Waals surface area contributed by atoms with Crippen LogP contribution in [0.5, 0.6) is 0 Å². The fourth-order valence-electron chi connectivity index (χ4n) is 2.17. The van der Waals surface area contributed by atoms with E-state index in [1.54, 1.807) is 0 Å². The average Bonchev–Trinajstić information content (AvgIpc) is 2.98. The Bertz CT molecular complexity index is 647. The Morgan fingerprint density at radius 2 is 1.60 bits per heavy atom. The molecule has 0 saturated heterocycles. The van der Waals surface area contributed by atoms with Crippen LogP contribution in [0.1, 0.15) is 12.0 Å². The first-order valence-electron chi connectivity index (χ1n) is 6.35. The van der Waals surface area contributed by atoms with Crippen LogP contribution in [0.25, 0.3) is 11.1 Å². The van der Waals surface area contributed by atoms with E-state index in [2.05, 4.69) is 5.16 Å². The van der Waals surface area contributed by atoms with Crippen molar-refractivity contribution in [2.45, 2.75) is 12.5 Å². The number of benzene rings is 2. The van der Waals surface area contributed by atoms with Gasteiger partial charge in [0, 0.05) is 6.42 Å². The fraction of sp³-hybridized carbons (Fsp3) is 0.125. The van der Waals surface area contributed by atoms with Crippen molar-refractivity contribution in [2.24, 2.45) is 5.16 Å². The summed E-state index contributed by atoms with van der Waals surface area (Å²) in [7, 11) is 0. The molecule has 1 aliphatic heterocycles. The van der Waals surface area contributed by atoms with Gasteiger partial charge in [-0.1, -0.05) is 59.8 Å². The van der Waals surface area contributed by atoms with Gasteiger partial charge in [0.1, 0.15) is 0 Å². The number of hydrogen-bond acceptors (Lipinski definition) is 3. The van der Waals surface area contributed by atoms with Gasteiger partial charge in [-0.3, -0.25) is 0 Å². The zero-order valence-corrected chi connectivity index (χ0v) is 10.7. The first-order valence-corrected chi connectivity index (χ1v) is 6.35. The summed E-state index contributed by atoms with van der Waals surface area (Å²) in [4.78, 5) is 15.7. The van der Waals surface area contributed by atoms with E-state index in [0.29, 0.717) is 12.1 Å². The molecule has 1 N–H and O–H groups in total. The van der Waals surface area contributed by atoms with Crippen molar-refractivity contribution in [1.29, 1.82) is 0 Å². The molecule has 0 amide bonds. The van der Waals surface area contributed by atoms with Crippen LogP contribution in [0, 0.1) is 0 Å². The van der Waals surface area contributed by atoms with Crippen LogP contribution in [-0.2, 0) is 9.63 Å². The minimum Gasteiger partial charge on any atom is -0.478 e. The van der Waals surface area contributed by atoms with Gasteiger partial charge in [0.15, 0.2) is 0 Å². The van der Waals surface area contributed by atoms with Crippen LogP contribution < -0.4 is 0 Å². The Labute approximate surface area is 116 Å². The zero-order chi connectivity index (χ0) is 13.9. The van der Waals surface area contributed by atoms with Crippen molar-refractivity contribution in [3.63, 3.8) is 0 Å². The van der Waals surface area contributed by atoms with Gasteiger partial charge >= 0.3 is 5.97 Å². The van der Waals surface area contributed by atoms with Gasteiger partial charge in [-0.05, 0) is 16.7 Å². The predicted octanol–water partition coefficient (Wildman–Crippen LogP) is 2.93. The molecular weight excluding hydrogens is 254 g/mol. The third kappa shape index (κ3) is 2.40. The summed E-state index contributed by atoms with van der Waals surface area (Å²) in [6.07, 6.45) is -0.557. The number of carboxylic acid groups (broad SMARTS) is 1. The lowest BCUT2D eigenvalue weighted by Crippen LogP contribution is -2.19. The van der Waals surface area contributed by atoms with Crippen LogP contribution in [-0.4, -0.2) is 22.9 Å². The van der Waals surface area contributed by atoms with E-state index in [1.165, 1.54) is 0 Å². The molecule has 0 saturated carbocycles. The lowest BCUT2D eigenvalue weighted by molar-refractivity contribution is -0.148. The van der Waals surface area contributed by atoms with Crippen LogP contribution in [0.4, 0.5) is 0 Å². The highest BCUT2D eigenvalue weighted by atomic mass is 16.7. The Morgan fingerprint density at radius 1 is 1.00 bits per heavy atom. The molecule has 100 valence electrons. The molecule has 2 aromatic rings. The standard InChI is InChI=1S/C16H13NO3/c18-16(19)15-10-14(17-20-15)13-8-6-12(7-9-13)11-4-2-1-3-5-11/h1-9,15H,10H2,(H,18,19)/t15-/m1/s1. The second-order valence-electron chi connectivity index (χ2n) is 4.62. The average molecular weight is 267 g/mol. The van der Waals surface area contributed by atoms with Crippen LogP contribution in [0.15, 0.2) is 59.8 Å². The Hall–Kier alpha value is -2.62. The highest BCUT2D eigenvalue weighted by Crippen LogP contribution is 2.22. The normalized spacial score (nSPS) is 17.4. The van der Waals surface area contributed by atoms with E-state index < -0.39 is 12.1 Å². The van der Waals surface area contributed by atoms with Crippen molar-refractivity contribution in [2.75, 3.05) is 0 Å². The lowest BCUT2D eigenvalue weighted by Gasteiger charge is -2.03. The summed E-state index contributed by atoms with van der Waals surface area (Å²) in [5.74, 6) is -0.982. The molecule has 1 heterocycles. The Morgan fingerprint density at radius 3 is 2.20 bits per heavy atom. The third-order valence-corrected chi connectivity index (χ3v) is 3.27. The summed E-state index contributed by atoms with van der Waals surface area (Å²) >= 11 is 0. The zero-order valence-electron chi connectivity index (χ0n) is 10.7. The number of carboxylic acids is 1. The largest absolute Gasteiger partial charge is 0.478 e. The monoisotopic (exact) mass is 267 g/mol. The molecule has 0 spiro atoms. The quantitative estimate of drug-likeness (QED) is 0.930. The van der Waals surface area contributed by atoms with Crippen molar-refractivity contribution in [3.05, 3.63) is 60.2 Å². The molecule has 0 fully saturated rings. The fourth-order valence-corrected chi connectivity index (χ4v) is 2.17. The highest BCUT2D eigenvalue weighted by Gasteiger charge is 2.28. The molecule has 4 nitrogen and oxygen atoms in total.